The highest BCUT2D eigenvalue weighted by Gasteiger charge is 2.17. The van der Waals surface area contributed by atoms with Crippen LogP contribution >= 0.6 is 11.6 Å². The summed E-state index contributed by atoms with van der Waals surface area (Å²) >= 11 is 5.92. The van der Waals surface area contributed by atoms with Gasteiger partial charge in [-0.1, -0.05) is 17.5 Å². The number of nitrogens with zero attached hydrogens (tertiary/aromatic N) is 4. The molecule has 3 rings (SSSR count). The van der Waals surface area contributed by atoms with Crippen LogP contribution in [0.5, 0.6) is 0 Å². The van der Waals surface area contributed by atoms with Gasteiger partial charge in [0.25, 0.3) is 5.91 Å². The van der Waals surface area contributed by atoms with Crippen molar-refractivity contribution >= 4 is 29.2 Å². The lowest BCUT2D eigenvalue weighted by Gasteiger charge is -2.10. The van der Waals surface area contributed by atoms with E-state index >= 15 is 0 Å². The predicted octanol–water partition coefficient (Wildman–Crippen LogP) is 2.25. The van der Waals surface area contributed by atoms with Crippen molar-refractivity contribution in [2.24, 2.45) is 0 Å². The first-order valence-corrected chi connectivity index (χ1v) is 7.54. The number of carbonyl (C=O) groups is 2. The molecule has 0 radical (unpaired) electrons. The summed E-state index contributed by atoms with van der Waals surface area (Å²) in [6, 6.07) is 5.53. The van der Waals surface area contributed by atoms with Gasteiger partial charge in [0.1, 0.15) is 6.33 Å². The highest BCUT2D eigenvalue weighted by atomic mass is 35.5. The zero-order chi connectivity index (χ0) is 18.7. The fraction of sp³-hybridized carbons (Fsp3) is 0. The quantitative estimate of drug-likeness (QED) is 0.684. The summed E-state index contributed by atoms with van der Waals surface area (Å²) in [6.45, 7) is 0. The second-order valence-electron chi connectivity index (χ2n) is 5.03. The van der Waals surface area contributed by atoms with Crippen molar-refractivity contribution in [2.45, 2.75) is 0 Å². The number of hydrogen-bond acceptors (Lipinski definition) is 5. The van der Waals surface area contributed by atoms with E-state index in [9.17, 15) is 14.7 Å². The maximum Gasteiger partial charge on any atom is 0.337 e. The van der Waals surface area contributed by atoms with Gasteiger partial charge < -0.3 is 10.4 Å². The lowest BCUT2D eigenvalue weighted by Crippen LogP contribution is -2.17. The van der Waals surface area contributed by atoms with Crippen molar-refractivity contribution in [1.82, 2.24) is 19.7 Å². The predicted molar refractivity (Wildman–Crippen MR) is 93.5 cm³/mol. The zero-order valence-corrected chi connectivity index (χ0v) is 13.8. The van der Waals surface area contributed by atoms with Crippen LogP contribution in [0, 0.1) is 12.3 Å². The molecule has 0 aliphatic rings. The molecule has 0 aliphatic heterocycles. The van der Waals surface area contributed by atoms with Crippen LogP contribution in [-0.4, -0.2) is 36.7 Å². The monoisotopic (exact) mass is 367 g/mol. The summed E-state index contributed by atoms with van der Waals surface area (Å²) < 4.78 is 1.62. The molecule has 3 aromatic rings. The summed E-state index contributed by atoms with van der Waals surface area (Å²) in [5.41, 5.74) is 0.0848. The van der Waals surface area contributed by atoms with Gasteiger partial charge in [0.2, 0.25) is 0 Å². The van der Waals surface area contributed by atoms with E-state index in [4.69, 9.17) is 18.0 Å². The average Bonchev–Trinajstić information content (AvgIpc) is 3.17. The molecule has 0 atom stereocenters. The minimum Gasteiger partial charge on any atom is -0.478 e. The Labute approximate surface area is 152 Å². The Morgan fingerprint density at radius 3 is 2.65 bits per heavy atom. The fourth-order valence-corrected chi connectivity index (χ4v) is 2.35. The number of rotatable bonds is 4. The molecule has 0 saturated heterocycles. The first kappa shape index (κ1) is 17.1. The zero-order valence-electron chi connectivity index (χ0n) is 13.0. The van der Waals surface area contributed by atoms with Crippen molar-refractivity contribution in [2.75, 3.05) is 5.32 Å². The highest BCUT2D eigenvalue weighted by molar-refractivity contribution is 6.32. The van der Waals surface area contributed by atoms with Crippen LogP contribution in [0.2, 0.25) is 5.02 Å². The Morgan fingerprint density at radius 2 is 2.08 bits per heavy atom. The van der Waals surface area contributed by atoms with Crippen molar-refractivity contribution in [3.8, 4) is 18.2 Å². The number of carbonyl (C=O) groups excluding carboxylic acids is 1. The summed E-state index contributed by atoms with van der Waals surface area (Å²) in [6.07, 6.45) is 10.1. The van der Waals surface area contributed by atoms with Gasteiger partial charge in [-0.05, 0) is 24.3 Å². The van der Waals surface area contributed by atoms with Crippen LogP contribution in [0.15, 0.2) is 43.0 Å². The SMILES string of the molecule is C#Cc1cc(NC(=O)c2ccc(-n3ccnc3)nn2)c(C(=O)O)cc1Cl. The number of aromatic nitrogens is 4. The molecular formula is C17H10ClN5O3. The minimum atomic E-state index is -1.26. The van der Waals surface area contributed by atoms with Crippen LogP contribution in [-0.2, 0) is 0 Å². The number of benzene rings is 1. The smallest absolute Gasteiger partial charge is 0.337 e. The standard InChI is InChI=1S/C17H10ClN5O3/c1-2-10-7-14(11(17(25)26)8-12(10)18)20-16(24)13-3-4-15(22-21-13)23-6-5-19-9-23/h1,3-9H,(H,20,24)(H,25,26). The van der Waals surface area contributed by atoms with Crippen LogP contribution < -0.4 is 5.32 Å². The van der Waals surface area contributed by atoms with Crippen LogP contribution in [0.3, 0.4) is 0 Å². The van der Waals surface area contributed by atoms with E-state index in [2.05, 4.69) is 26.4 Å². The van der Waals surface area contributed by atoms with E-state index < -0.39 is 11.9 Å². The van der Waals surface area contributed by atoms with Gasteiger partial charge in [-0.2, -0.15) is 0 Å². The molecule has 8 nitrogen and oxygen atoms in total. The molecule has 0 aliphatic carbocycles. The lowest BCUT2D eigenvalue weighted by atomic mass is 10.1. The molecule has 128 valence electrons. The molecule has 2 N–H and O–H groups in total. The molecule has 0 bridgehead atoms. The molecular weight excluding hydrogens is 358 g/mol. The summed E-state index contributed by atoms with van der Waals surface area (Å²) in [5, 5.41) is 19.6. The summed E-state index contributed by atoms with van der Waals surface area (Å²) in [4.78, 5) is 27.6. The van der Waals surface area contributed by atoms with E-state index in [1.54, 1.807) is 23.0 Å². The Kier molecular flexibility index (Phi) is 4.64. The topological polar surface area (TPSA) is 110 Å². The number of carboxylic acid groups (broad SMARTS) is 1. The van der Waals surface area contributed by atoms with Gasteiger partial charge in [-0.25, -0.2) is 9.78 Å². The molecule has 26 heavy (non-hydrogen) atoms. The Bertz CT molecular complexity index is 1020. The Balaban J connectivity index is 1.88. The first-order chi connectivity index (χ1) is 12.5. The van der Waals surface area contributed by atoms with E-state index in [0.717, 1.165) is 0 Å². The summed E-state index contributed by atoms with van der Waals surface area (Å²) in [7, 11) is 0. The molecule has 0 spiro atoms. The van der Waals surface area contributed by atoms with Crippen molar-refractivity contribution < 1.29 is 14.7 Å². The van der Waals surface area contributed by atoms with Gasteiger partial charge in [-0.3, -0.25) is 9.36 Å². The van der Waals surface area contributed by atoms with E-state index in [0.29, 0.717) is 5.82 Å². The third-order valence-corrected chi connectivity index (χ3v) is 3.71. The van der Waals surface area contributed by atoms with Crippen molar-refractivity contribution in [3.63, 3.8) is 0 Å². The second-order valence-corrected chi connectivity index (χ2v) is 5.44. The minimum absolute atomic E-state index is 0.00223. The fourth-order valence-electron chi connectivity index (χ4n) is 2.13. The Hall–Kier alpha value is -3.70. The molecule has 1 aromatic carbocycles. The molecule has 0 saturated carbocycles. The maximum atomic E-state index is 12.4. The number of halogens is 1. The van der Waals surface area contributed by atoms with E-state index in [1.807, 2.05) is 0 Å². The third-order valence-electron chi connectivity index (χ3n) is 3.39. The third kappa shape index (κ3) is 3.38. The Morgan fingerprint density at radius 1 is 1.27 bits per heavy atom. The summed E-state index contributed by atoms with van der Waals surface area (Å²) in [5.74, 6) is 0.909. The largest absolute Gasteiger partial charge is 0.478 e. The number of carboxylic acids is 1. The molecule has 0 fully saturated rings. The molecule has 9 heteroatoms. The normalized spacial score (nSPS) is 10.2. The van der Waals surface area contributed by atoms with Crippen LogP contribution in [0.25, 0.3) is 5.82 Å². The lowest BCUT2D eigenvalue weighted by molar-refractivity contribution is 0.0698. The van der Waals surface area contributed by atoms with Gasteiger partial charge in [0.05, 0.1) is 16.3 Å². The maximum absolute atomic E-state index is 12.4. The number of nitrogens with one attached hydrogen (secondary N) is 1. The van der Waals surface area contributed by atoms with Crippen molar-refractivity contribution in [3.05, 3.63) is 64.8 Å². The number of hydrogen-bond donors (Lipinski definition) is 2. The van der Waals surface area contributed by atoms with Crippen LogP contribution in [0.4, 0.5) is 5.69 Å². The molecule has 2 aromatic heterocycles. The van der Waals surface area contributed by atoms with Crippen LogP contribution in [0.1, 0.15) is 26.4 Å². The average molecular weight is 368 g/mol. The van der Waals surface area contributed by atoms with Gasteiger partial charge in [0.15, 0.2) is 11.5 Å². The van der Waals surface area contributed by atoms with Crippen molar-refractivity contribution in [1.29, 1.82) is 0 Å². The number of terminal acetylenes is 1. The second kappa shape index (κ2) is 7.04. The number of aromatic carboxylic acids is 1. The number of imidazole rings is 1. The molecule has 1 amide bonds. The van der Waals surface area contributed by atoms with E-state index in [-0.39, 0.29) is 27.5 Å². The molecule has 0 unspecified atom stereocenters. The van der Waals surface area contributed by atoms with Gasteiger partial charge in [-0.15, -0.1) is 16.6 Å². The van der Waals surface area contributed by atoms with Gasteiger partial charge in [0, 0.05) is 18.0 Å². The van der Waals surface area contributed by atoms with E-state index in [1.165, 1.54) is 24.5 Å². The number of amides is 1. The van der Waals surface area contributed by atoms with Gasteiger partial charge >= 0.3 is 5.97 Å². The first-order valence-electron chi connectivity index (χ1n) is 7.16. The highest BCUT2D eigenvalue weighted by Crippen LogP contribution is 2.25. The molecule has 2 heterocycles. The number of anilines is 1.